The summed E-state index contributed by atoms with van der Waals surface area (Å²) in [5, 5.41) is 20.3. The van der Waals surface area contributed by atoms with Crippen molar-refractivity contribution in [2.24, 2.45) is 5.92 Å². The number of carbonyl (C=O) groups excluding carboxylic acids is 1. The third kappa shape index (κ3) is 8.45. The van der Waals surface area contributed by atoms with Gasteiger partial charge in [0.2, 0.25) is 0 Å². The van der Waals surface area contributed by atoms with Gasteiger partial charge in [0.1, 0.15) is 29.3 Å². The molecule has 1 aliphatic carbocycles. The summed E-state index contributed by atoms with van der Waals surface area (Å²) in [4.78, 5) is 25.3. The van der Waals surface area contributed by atoms with Gasteiger partial charge >= 0.3 is 11.9 Å². The highest BCUT2D eigenvalue weighted by Crippen LogP contribution is 2.36. The van der Waals surface area contributed by atoms with Crippen LogP contribution in [-0.2, 0) is 18.9 Å². The summed E-state index contributed by atoms with van der Waals surface area (Å²) in [5.41, 5.74) is 0.735. The summed E-state index contributed by atoms with van der Waals surface area (Å²) in [7, 11) is 2.92. The lowest BCUT2D eigenvalue weighted by molar-refractivity contribution is -0.152. The van der Waals surface area contributed by atoms with Gasteiger partial charge in [0.05, 0.1) is 24.9 Å². The van der Waals surface area contributed by atoms with E-state index in [1.54, 1.807) is 62.4 Å². The number of carbonyl (C=O) groups is 2. The highest BCUT2D eigenvalue weighted by Gasteiger charge is 2.45. The summed E-state index contributed by atoms with van der Waals surface area (Å²) in [6.07, 6.45) is 7.49. The first kappa shape index (κ1) is 32.2. The molecular formula is C33H40O10. The molecule has 2 aromatic carbocycles. The lowest BCUT2D eigenvalue weighted by Crippen LogP contribution is -2.37. The van der Waals surface area contributed by atoms with E-state index in [0.717, 1.165) is 19.3 Å². The molecule has 4 rings (SSSR count). The van der Waals surface area contributed by atoms with Crippen LogP contribution in [0.2, 0.25) is 0 Å². The van der Waals surface area contributed by atoms with Crippen molar-refractivity contribution in [2.75, 3.05) is 21.0 Å². The van der Waals surface area contributed by atoms with Gasteiger partial charge in [0.15, 0.2) is 12.6 Å². The number of aliphatic hydroxyl groups excluding tert-OH is 1. The second-order valence-electron chi connectivity index (χ2n) is 11.0. The van der Waals surface area contributed by atoms with E-state index >= 15 is 0 Å². The number of ether oxygens (including phenoxy) is 6. The van der Waals surface area contributed by atoms with Crippen LogP contribution in [0.5, 0.6) is 11.5 Å². The zero-order valence-electron chi connectivity index (χ0n) is 24.9. The fourth-order valence-electron chi connectivity index (χ4n) is 5.41. The maximum Gasteiger partial charge on any atom is 0.340 e. The number of hydrogen-bond donors (Lipinski definition) is 2. The van der Waals surface area contributed by atoms with Crippen molar-refractivity contribution in [3.63, 3.8) is 0 Å². The van der Waals surface area contributed by atoms with Gasteiger partial charge < -0.3 is 38.6 Å². The quantitative estimate of drug-likeness (QED) is 0.180. The van der Waals surface area contributed by atoms with Gasteiger partial charge in [0, 0.05) is 19.1 Å². The molecule has 0 spiro atoms. The summed E-state index contributed by atoms with van der Waals surface area (Å²) >= 11 is 0. The Hall–Kier alpha value is -3.70. The molecule has 2 aromatic rings. The number of hydrogen-bond acceptors (Lipinski definition) is 9. The third-order valence-electron chi connectivity index (χ3n) is 7.43. The summed E-state index contributed by atoms with van der Waals surface area (Å²) in [6, 6.07) is 11.8. The van der Waals surface area contributed by atoms with Crippen molar-refractivity contribution in [3.05, 3.63) is 77.4 Å². The Kier molecular flexibility index (Phi) is 11.0. The van der Waals surface area contributed by atoms with Crippen LogP contribution in [0, 0.1) is 5.92 Å². The Morgan fingerprint density at radius 2 is 1.88 bits per heavy atom. The van der Waals surface area contributed by atoms with Gasteiger partial charge in [-0.1, -0.05) is 42.8 Å². The highest BCUT2D eigenvalue weighted by atomic mass is 16.8. The van der Waals surface area contributed by atoms with Gasteiger partial charge in [0.25, 0.3) is 0 Å². The van der Waals surface area contributed by atoms with E-state index in [9.17, 15) is 19.8 Å². The number of rotatable bonds is 13. The number of benzene rings is 2. The van der Waals surface area contributed by atoms with Crippen LogP contribution in [0.4, 0.5) is 0 Å². The van der Waals surface area contributed by atoms with Crippen molar-refractivity contribution in [1.29, 1.82) is 0 Å². The van der Waals surface area contributed by atoms with Gasteiger partial charge in [-0.3, -0.25) is 0 Å². The average molecular weight is 597 g/mol. The Morgan fingerprint density at radius 3 is 2.53 bits per heavy atom. The fraction of sp³-hybridized carbons (Fsp3) is 0.455. The second kappa shape index (κ2) is 14.7. The number of aliphatic hydroxyl groups is 1. The topological polar surface area (TPSA) is 130 Å². The minimum atomic E-state index is -1.17. The van der Waals surface area contributed by atoms with Crippen molar-refractivity contribution in [2.45, 2.75) is 69.7 Å². The van der Waals surface area contributed by atoms with E-state index in [1.165, 1.54) is 20.3 Å². The average Bonchev–Trinajstić information content (AvgIpc) is 3.54. The summed E-state index contributed by atoms with van der Waals surface area (Å²) < 4.78 is 34.3. The molecule has 2 fully saturated rings. The van der Waals surface area contributed by atoms with E-state index in [2.05, 4.69) is 0 Å². The largest absolute Gasteiger partial charge is 0.497 e. The molecule has 1 heterocycles. The molecule has 1 aliphatic heterocycles. The van der Waals surface area contributed by atoms with Crippen molar-refractivity contribution in [1.82, 2.24) is 0 Å². The van der Waals surface area contributed by atoms with Crippen LogP contribution in [0.3, 0.4) is 0 Å². The molecule has 1 saturated carbocycles. The number of aromatic carboxylic acids is 1. The third-order valence-corrected chi connectivity index (χ3v) is 7.43. The second-order valence-corrected chi connectivity index (χ2v) is 11.0. The summed E-state index contributed by atoms with van der Waals surface area (Å²) in [6.45, 7) is 3.44. The van der Waals surface area contributed by atoms with E-state index < -0.39 is 42.1 Å². The fourth-order valence-corrected chi connectivity index (χ4v) is 5.41. The van der Waals surface area contributed by atoms with E-state index in [1.807, 2.05) is 12.1 Å². The molecule has 10 heteroatoms. The van der Waals surface area contributed by atoms with Gasteiger partial charge in [-0.05, 0) is 62.9 Å². The van der Waals surface area contributed by atoms with Crippen LogP contribution in [0.15, 0.2) is 60.7 Å². The number of carboxylic acids is 1. The highest BCUT2D eigenvalue weighted by molar-refractivity contribution is 5.95. The molecule has 232 valence electrons. The molecule has 43 heavy (non-hydrogen) atoms. The Balaban J connectivity index is 1.60. The van der Waals surface area contributed by atoms with Gasteiger partial charge in [-0.15, -0.1) is 0 Å². The molecule has 10 nitrogen and oxygen atoms in total. The number of methoxy groups -OCH3 is 2. The zero-order valence-corrected chi connectivity index (χ0v) is 24.9. The maximum absolute atomic E-state index is 13.1. The molecule has 2 aliphatic rings. The van der Waals surface area contributed by atoms with Gasteiger partial charge in [-0.25, -0.2) is 9.59 Å². The molecule has 0 radical (unpaired) electrons. The predicted molar refractivity (Wildman–Crippen MR) is 158 cm³/mol. The molecular weight excluding hydrogens is 556 g/mol. The lowest BCUT2D eigenvalue weighted by atomic mass is 9.99. The predicted octanol–water partition coefficient (Wildman–Crippen LogP) is 5.24. The SMILES string of the molecule is COCOc1cc(OC)cc(/C=C/C[C@@H]2OC(C)(C)O[C@@H]2C(/C=C\[C@H]2CCC[C@H]2O)OC(=O)c2ccccc2)c1C(=O)O. The van der Waals surface area contributed by atoms with Crippen LogP contribution in [0.25, 0.3) is 6.08 Å². The first-order valence-corrected chi connectivity index (χ1v) is 14.3. The summed E-state index contributed by atoms with van der Waals surface area (Å²) in [5.74, 6) is -2.15. The normalized spacial score (nSPS) is 23.9. The monoisotopic (exact) mass is 596 g/mol. The smallest absolute Gasteiger partial charge is 0.340 e. The first-order valence-electron chi connectivity index (χ1n) is 14.3. The van der Waals surface area contributed by atoms with Crippen molar-refractivity contribution in [3.8, 4) is 11.5 Å². The van der Waals surface area contributed by atoms with Crippen LogP contribution < -0.4 is 9.47 Å². The van der Waals surface area contributed by atoms with Crippen molar-refractivity contribution >= 4 is 18.0 Å². The van der Waals surface area contributed by atoms with Gasteiger partial charge in [-0.2, -0.15) is 0 Å². The standard InChI is InChI=1S/C33H40O10/c1-33(2)42-27(15-9-13-23-18-24(39-4)19-28(40-20-38-3)29(23)31(35)36)30(43-33)26(17-16-21-12-8-14-25(21)34)41-32(37)22-10-6-5-7-11-22/h5-7,9-11,13,16-19,21,25-27,30,34H,8,12,14-15,20H2,1-4H3,(H,35,36)/b13-9+,17-16-/t21-,25-,26?,27+,30-/m1/s1. The molecule has 0 aromatic heterocycles. The van der Waals surface area contributed by atoms with Crippen molar-refractivity contribution < 1.29 is 48.2 Å². The molecule has 1 unspecified atom stereocenters. The van der Waals surface area contributed by atoms with E-state index in [-0.39, 0.29) is 24.0 Å². The van der Waals surface area contributed by atoms with Crippen LogP contribution >= 0.6 is 0 Å². The minimum absolute atomic E-state index is 0.0383. The Bertz CT molecular complexity index is 1300. The Labute approximate surface area is 251 Å². The zero-order chi connectivity index (χ0) is 31.0. The molecule has 5 atom stereocenters. The number of esters is 1. The molecule has 0 amide bonds. The molecule has 0 bridgehead atoms. The maximum atomic E-state index is 13.1. The van der Waals surface area contributed by atoms with Crippen LogP contribution in [0.1, 0.15) is 65.8 Å². The molecule has 2 N–H and O–H groups in total. The number of carboxylic acid groups (broad SMARTS) is 1. The Morgan fingerprint density at radius 1 is 1.12 bits per heavy atom. The lowest BCUT2D eigenvalue weighted by Gasteiger charge is -2.25. The van der Waals surface area contributed by atoms with Crippen LogP contribution in [-0.4, -0.2) is 73.4 Å². The van der Waals surface area contributed by atoms with E-state index in [0.29, 0.717) is 23.3 Å². The minimum Gasteiger partial charge on any atom is -0.497 e. The van der Waals surface area contributed by atoms with E-state index in [4.69, 9.17) is 28.4 Å². The molecule has 1 saturated heterocycles. The first-order chi connectivity index (χ1) is 20.6.